The van der Waals surface area contributed by atoms with Crippen LogP contribution in [-0.2, 0) is 4.79 Å². The maximum absolute atomic E-state index is 11.8. The Labute approximate surface area is 106 Å². The first-order chi connectivity index (χ1) is 7.78. The number of carbonyl (C=O) groups excluding carboxylic acids is 2. The predicted molar refractivity (Wildman–Crippen MR) is 69.4 cm³/mol. The van der Waals surface area contributed by atoms with Gasteiger partial charge in [-0.3, -0.25) is 9.59 Å². The first kappa shape index (κ1) is 13.8. The average molecular weight is 252 g/mol. The Morgan fingerprint density at radius 2 is 1.65 bits per heavy atom. The third kappa shape index (κ3) is 5.04. The molecule has 0 aromatic heterocycles. The van der Waals surface area contributed by atoms with Crippen molar-refractivity contribution >= 4 is 22.8 Å². The van der Waals surface area contributed by atoms with Crippen LogP contribution in [0.1, 0.15) is 38.1 Å². The Bertz CT molecular complexity index is 415. The van der Waals surface area contributed by atoms with Gasteiger partial charge < -0.3 is 4.74 Å². The fraction of sp³-hybridized carbons (Fsp3) is 0.385. The third-order valence-corrected chi connectivity index (χ3v) is 2.78. The van der Waals surface area contributed by atoms with Gasteiger partial charge in [-0.15, -0.1) is 0 Å². The topological polar surface area (TPSA) is 43.4 Å². The van der Waals surface area contributed by atoms with E-state index in [1.807, 2.05) is 20.8 Å². The normalized spacial score (nSPS) is 11.1. The van der Waals surface area contributed by atoms with E-state index in [-0.39, 0.29) is 15.8 Å². The number of carbonyl (C=O) groups is 2. The van der Waals surface area contributed by atoms with E-state index in [2.05, 4.69) is 0 Å². The molecule has 4 heteroatoms. The standard InChI is InChI=1S/C13H16O3S/c1-9(14)16-11-7-5-10(6-8-11)12(15)17-13(2,3)4/h5-8H,1-4H3. The summed E-state index contributed by atoms with van der Waals surface area (Å²) in [5.74, 6) is 0.0861. The van der Waals surface area contributed by atoms with Gasteiger partial charge in [-0.2, -0.15) is 0 Å². The molecule has 0 fully saturated rings. The average Bonchev–Trinajstić information content (AvgIpc) is 2.15. The van der Waals surface area contributed by atoms with Crippen LogP contribution in [0, 0.1) is 0 Å². The summed E-state index contributed by atoms with van der Waals surface area (Å²) in [5, 5.41) is 0.0203. The molecule has 0 aliphatic heterocycles. The van der Waals surface area contributed by atoms with Crippen LogP contribution in [0.2, 0.25) is 0 Å². The van der Waals surface area contributed by atoms with E-state index in [4.69, 9.17) is 4.74 Å². The van der Waals surface area contributed by atoms with Crippen molar-refractivity contribution in [1.29, 1.82) is 0 Å². The van der Waals surface area contributed by atoms with E-state index in [0.717, 1.165) is 0 Å². The van der Waals surface area contributed by atoms with E-state index in [0.29, 0.717) is 11.3 Å². The summed E-state index contributed by atoms with van der Waals surface area (Å²) < 4.78 is 4.79. The van der Waals surface area contributed by atoms with Gasteiger partial charge in [0, 0.05) is 17.2 Å². The maximum atomic E-state index is 11.8. The van der Waals surface area contributed by atoms with Gasteiger partial charge in [0.15, 0.2) is 0 Å². The predicted octanol–water partition coefficient (Wildman–Crippen LogP) is 3.28. The molecule has 0 saturated carbocycles. The molecule has 0 atom stereocenters. The zero-order valence-electron chi connectivity index (χ0n) is 10.4. The Hall–Kier alpha value is -1.29. The molecule has 0 spiro atoms. The van der Waals surface area contributed by atoms with Crippen molar-refractivity contribution in [2.45, 2.75) is 32.4 Å². The van der Waals surface area contributed by atoms with Crippen LogP contribution in [0.25, 0.3) is 0 Å². The van der Waals surface area contributed by atoms with Crippen molar-refractivity contribution in [3.63, 3.8) is 0 Å². The van der Waals surface area contributed by atoms with E-state index in [1.54, 1.807) is 24.3 Å². The molecule has 0 heterocycles. The monoisotopic (exact) mass is 252 g/mol. The lowest BCUT2D eigenvalue weighted by Crippen LogP contribution is -2.12. The number of rotatable bonds is 2. The molecule has 1 aromatic rings. The number of benzene rings is 1. The first-order valence-electron chi connectivity index (χ1n) is 5.30. The van der Waals surface area contributed by atoms with Crippen LogP contribution in [0.15, 0.2) is 24.3 Å². The minimum Gasteiger partial charge on any atom is -0.427 e. The molecule has 0 aliphatic rings. The van der Waals surface area contributed by atoms with Crippen molar-refractivity contribution in [3.8, 4) is 5.75 Å². The van der Waals surface area contributed by atoms with Gasteiger partial charge in [-0.05, 0) is 24.3 Å². The second kappa shape index (κ2) is 5.36. The second-order valence-electron chi connectivity index (χ2n) is 4.62. The van der Waals surface area contributed by atoms with Crippen molar-refractivity contribution in [2.75, 3.05) is 0 Å². The van der Waals surface area contributed by atoms with Crippen LogP contribution in [0.5, 0.6) is 5.75 Å². The number of thioether (sulfide) groups is 1. The van der Waals surface area contributed by atoms with Gasteiger partial charge >= 0.3 is 5.97 Å². The van der Waals surface area contributed by atoms with Crippen LogP contribution in [0.4, 0.5) is 0 Å². The van der Waals surface area contributed by atoms with Crippen molar-refractivity contribution in [1.82, 2.24) is 0 Å². The molecule has 0 bridgehead atoms. The van der Waals surface area contributed by atoms with Gasteiger partial charge in [0.1, 0.15) is 5.75 Å². The van der Waals surface area contributed by atoms with Gasteiger partial charge in [0.05, 0.1) is 0 Å². The lowest BCUT2D eigenvalue weighted by molar-refractivity contribution is -0.131. The van der Waals surface area contributed by atoms with Crippen LogP contribution < -0.4 is 4.74 Å². The Morgan fingerprint density at radius 3 is 2.06 bits per heavy atom. The summed E-state index contributed by atoms with van der Waals surface area (Å²) in [7, 11) is 0. The summed E-state index contributed by atoms with van der Waals surface area (Å²) in [6.45, 7) is 7.31. The van der Waals surface area contributed by atoms with E-state index >= 15 is 0 Å². The zero-order chi connectivity index (χ0) is 13.1. The van der Waals surface area contributed by atoms with E-state index in [9.17, 15) is 9.59 Å². The van der Waals surface area contributed by atoms with Crippen LogP contribution in [-0.4, -0.2) is 15.8 Å². The molecule has 0 aliphatic carbocycles. The van der Waals surface area contributed by atoms with Gasteiger partial charge in [0.2, 0.25) is 5.12 Å². The molecule has 0 N–H and O–H groups in total. The number of hydrogen-bond donors (Lipinski definition) is 0. The lowest BCUT2D eigenvalue weighted by Gasteiger charge is -2.15. The van der Waals surface area contributed by atoms with Crippen molar-refractivity contribution in [3.05, 3.63) is 29.8 Å². The largest absolute Gasteiger partial charge is 0.427 e. The summed E-state index contributed by atoms with van der Waals surface area (Å²) in [6.07, 6.45) is 0. The SMILES string of the molecule is CC(=O)Oc1ccc(C(=O)SC(C)(C)C)cc1. The molecule has 3 nitrogen and oxygen atoms in total. The fourth-order valence-corrected chi connectivity index (χ4v) is 1.97. The Balaban J connectivity index is 2.74. The second-order valence-corrected chi connectivity index (χ2v) is 6.42. The first-order valence-corrected chi connectivity index (χ1v) is 6.11. The summed E-state index contributed by atoms with van der Waals surface area (Å²) >= 11 is 1.28. The van der Waals surface area contributed by atoms with Gasteiger partial charge in [0.25, 0.3) is 0 Å². The molecule has 0 unspecified atom stereocenters. The zero-order valence-corrected chi connectivity index (χ0v) is 11.3. The fourth-order valence-electron chi connectivity index (χ4n) is 1.16. The highest BCUT2D eigenvalue weighted by atomic mass is 32.2. The molecule has 1 aromatic carbocycles. The molecule has 92 valence electrons. The quantitative estimate of drug-likeness (QED) is 0.598. The molecule has 0 saturated heterocycles. The molecule has 0 radical (unpaired) electrons. The van der Waals surface area contributed by atoms with E-state index in [1.165, 1.54) is 18.7 Å². The maximum Gasteiger partial charge on any atom is 0.308 e. The molecule has 1 rings (SSSR count). The Kier molecular flexibility index (Phi) is 4.34. The highest BCUT2D eigenvalue weighted by molar-refractivity contribution is 8.15. The minimum atomic E-state index is -0.367. The van der Waals surface area contributed by atoms with Crippen LogP contribution >= 0.6 is 11.8 Å². The van der Waals surface area contributed by atoms with Crippen LogP contribution in [0.3, 0.4) is 0 Å². The highest BCUT2D eigenvalue weighted by Crippen LogP contribution is 2.27. The molecular weight excluding hydrogens is 236 g/mol. The minimum absolute atomic E-state index is 0.0203. The number of hydrogen-bond acceptors (Lipinski definition) is 4. The smallest absolute Gasteiger partial charge is 0.308 e. The summed E-state index contributed by atoms with van der Waals surface area (Å²) in [6, 6.07) is 6.58. The molecule has 17 heavy (non-hydrogen) atoms. The molecular formula is C13H16O3S. The van der Waals surface area contributed by atoms with Crippen molar-refractivity contribution < 1.29 is 14.3 Å². The highest BCUT2D eigenvalue weighted by Gasteiger charge is 2.18. The number of ether oxygens (including phenoxy) is 1. The van der Waals surface area contributed by atoms with E-state index < -0.39 is 0 Å². The third-order valence-electron chi connectivity index (χ3n) is 1.75. The lowest BCUT2D eigenvalue weighted by atomic mass is 10.2. The summed E-state index contributed by atoms with van der Waals surface area (Å²) in [4.78, 5) is 22.6. The van der Waals surface area contributed by atoms with Gasteiger partial charge in [-0.1, -0.05) is 32.5 Å². The van der Waals surface area contributed by atoms with Crippen molar-refractivity contribution in [2.24, 2.45) is 0 Å². The Morgan fingerprint density at radius 1 is 1.12 bits per heavy atom. The molecule has 0 amide bonds. The number of esters is 1. The summed E-state index contributed by atoms with van der Waals surface area (Å²) in [5.41, 5.74) is 0.612. The van der Waals surface area contributed by atoms with Gasteiger partial charge in [-0.25, -0.2) is 0 Å².